The molecule has 0 aliphatic rings. The summed E-state index contributed by atoms with van der Waals surface area (Å²) in [6, 6.07) is 16.2. The molecule has 27 heavy (non-hydrogen) atoms. The van der Waals surface area contributed by atoms with Crippen molar-refractivity contribution in [3.63, 3.8) is 0 Å². The van der Waals surface area contributed by atoms with Crippen LogP contribution in [0, 0.1) is 6.92 Å². The van der Waals surface area contributed by atoms with E-state index in [0.717, 1.165) is 21.6 Å². The molecule has 7 heteroatoms. The van der Waals surface area contributed by atoms with Crippen molar-refractivity contribution in [2.75, 3.05) is 0 Å². The fraction of sp³-hybridized carbons (Fsp3) is 0.150. The molecule has 0 saturated heterocycles. The van der Waals surface area contributed by atoms with Crippen LogP contribution in [0.15, 0.2) is 64.9 Å². The third-order valence-electron chi connectivity index (χ3n) is 3.98. The van der Waals surface area contributed by atoms with E-state index in [1.54, 1.807) is 18.2 Å². The maximum Gasteiger partial charge on any atom is 0.305 e. The van der Waals surface area contributed by atoms with E-state index in [1.165, 1.54) is 11.3 Å². The second-order valence-corrected chi connectivity index (χ2v) is 8.72. The smallest absolute Gasteiger partial charge is 0.305 e. The summed E-state index contributed by atoms with van der Waals surface area (Å²) < 4.78 is 15.6. The number of nitrogens with one attached hydrogen (secondary N) is 1. The Morgan fingerprint density at radius 2 is 1.96 bits per heavy atom. The van der Waals surface area contributed by atoms with Gasteiger partial charge in [-0.1, -0.05) is 41.4 Å². The van der Waals surface area contributed by atoms with Gasteiger partial charge in [-0.25, -0.2) is 0 Å². The molecule has 1 heterocycles. The van der Waals surface area contributed by atoms with Gasteiger partial charge in [0, 0.05) is 9.90 Å². The number of aliphatic carboxylic acids is 1. The van der Waals surface area contributed by atoms with Crippen LogP contribution in [0.5, 0.6) is 0 Å². The molecule has 0 radical (unpaired) electrons. The molecule has 1 aromatic heterocycles. The SMILES string of the molecule is Cc1ccc([S@@+]([O-])NC(CC(=O)O)c2cc(-c3cccc(Cl)c3)cs2)cc1. The number of halogens is 1. The normalized spacial score (nSPS) is 13.3. The number of aryl methyl sites for hydroxylation is 1. The van der Waals surface area contributed by atoms with E-state index in [4.69, 9.17) is 11.6 Å². The lowest BCUT2D eigenvalue weighted by Crippen LogP contribution is -2.29. The molecule has 3 rings (SSSR count). The summed E-state index contributed by atoms with van der Waals surface area (Å²) in [4.78, 5) is 12.7. The van der Waals surface area contributed by atoms with Crippen LogP contribution in [0.2, 0.25) is 5.02 Å². The van der Waals surface area contributed by atoms with E-state index in [-0.39, 0.29) is 6.42 Å². The van der Waals surface area contributed by atoms with Gasteiger partial charge in [-0.3, -0.25) is 4.79 Å². The molecule has 2 atom stereocenters. The van der Waals surface area contributed by atoms with E-state index < -0.39 is 23.4 Å². The Balaban J connectivity index is 1.82. The highest BCUT2D eigenvalue weighted by Crippen LogP contribution is 2.32. The van der Waals surface area contributed by atoms with Gasteiger partial charge in [0.05, 0.1) is 23.8 Å². The minimum atomic E-state index is -1.51. The Morgan fingerprint density at radius 1 is 1.22 bits per heavy atom. The molecule has 1 unspecified atom stereocenters. The van der Waals surface area contributed by atoms with Gasteiger partial charge in [-0.15, -0.1) is 16.1 Å². The first-order valence-corrected chi connectivity index (χ1v) is 10.6. The summed E-state index contributed by atoms with van der Waals surface area (Å²) in [7, 11) is 0. The summed E-state index contributed by atoms with van der Waals surface area (Å²) in [5.74, 6) is -0.953. The molecule has 4 nitrogen and oxygen atoms in total. The van der Waals surface area contributed by atoms with Crippen LogP contribution in [-0.4, -0.2) is 15.6 Å². The first-order chi connectivity index (χ1) is 12.9. The number of benzene rings is 2. The van der Waals surface area contributed by atoms with E-state index in [0.29, 0.717) is 9.92 Å². The Morgan fingerprint density at radius 3 is 2.63 bits per heavy atom. The predicted octanol–water partition coefficient (Wildman–Crippen LogP) is 5.21. The van der Waals surface area contributed by atoms with E-state index in [1.807, 2.05) is 48.7 Å². The second kappa shape index (κ2) is 8.91. The summed E-state index contributed by atoms with van der Waals surface area (Å²) in [6.45, 7) is 1.95. The van der Waals surface area contributed by atoms with E-state index in [2.05, 4.69) is 4.72 Å². The summed E-state index contributed by atoms with van der Waals surface area (Å²) in [5.41, 5.74) is 2.98. The first kappa shape index (κ1) is 19.9. The number of carbonyl (C=O) groups is 1. The largest absolute Gasteiger partial charge is 0.593 e. The fourth-order valence-electron chi connectivity index (χ4n) is 2.59. The molecule has 0 bridgehead atoms. The molecule has 0 fully saturated rings. The molecule has 0 aliphatic heterocycles. The van der Waals surface area contributed by atoms with Crippen LogP contribution in [0.25, 0.3) is 11.1 Å². The Hall–Kier alpha value is -1.83. The van der Waals surface area contributed by atoms with Crippen LogP contribution < -0.4 is 4.72 Å². The van der Waals surface area contributed by atoms with Gasteiger partial charge in [0.2, 0.25) is 0 Å². The molecular formula is C20H18ClNO3S2. The molecule has 0 aliphatic carbocycles. The molecular weight excluding hydrogens is 402 g/mol. The zero-order chi connectivity index (χ0) is 19.4. The minimum absolute atomic E-state index is 0.160. The van der Waals surface area contributed by atoms with Crippen molar-refractivity contribution < 1.29 is 14.5 Å². The van der Waals surface area contributed by atoms with Gasteiger partial charge >= 0.3 is 5.97 Å². The molecule has 0 spiro atoms. The zero-order valence-electron chi connectivity index (χ0n) is 14.5. The van der Waals surface area contributed by atoms with Crippen LogP contribution in [0.3, 0.4) is 0 Å². The lowest BCUT2D eigenvalue weighted by Gasteiger charge is -2.17. The van der Waals surface area contributed by atoms with Crippen molar-refractivity contribution in [1.29, 1.82) is 0 Å². The molecule has 3 aromatic rings. The maximum atomic E-state index is 12.6. The third-order valence-corrected chi connectivity index (χ3v) is 6.46. The third kappa shape index (κ3) is 5.34. The predicted molar refractivity (Wildman–Crippen MR) is 110 cm³/mol. The average Bonchev–Trinajstić information content (AvgIpc) is 3.11. The highest BCUT2D eigenvalue weighted by molar-refractivity contribution is 7.89. The Labute approximate surface area is 170 Å². The van der Waals surface area contributed by atoms with Crippen molar-refractivity contribution in [2.45, 2.75) is 24.3 Å². The average molecular weight is 420 g/mol. The van der Waals surface area contributed by atoms with Gasteiger partial charge in [0.15, 0.2) is 4.90 Å². The molecule has 140 valence electrons. The Kier molecular flexibility index (Phi) is 6.57. The monoisotopic (exact) mass is 419 g/mol. The number of thiophene rings is 1. The molecule has 0 amide bonds. The van der Waals surface area contributed by atoms with Gasteiger partial charge in [-0.05, 0) is 53.8 Å². The quantitative estimate of drug-likeness (QED) is 0.516. The zero-order valence-corrected chi connectivity index (χ0v) is 16.9. The van der Waals surface area contributed by atoms with Crippen LogP contribution in [0.1, 0.15) is 22.9 Å². The topological polar surface area (TPSA) is 72.4 Å². The van der Waals surface area contributed by atoms with Crippen molar-refractivity contribution >= 4 is 40.3 Å². The highest BCUT2D eigenvalue weighted by atomic mass is 35.5. The van der Waals surface area contributed by atoms with Crippen molar-refractivity contribution in [2.24, 2.45) is 0 Å². The summed E-state index contributed by atoms with van der Waals surface area (Å²) in [5, 5.41) is 11.9. The Bertz CT molecular complexity index is 927. The number of hydrogen-bond acceptors (Lipinski definition) is 4. The number of carboxylic acid groups (broad SMARTS) is 1. The van der Waals surface area contributed by atoms with Gasteiger partial charge in [-0.2, -0.15) is 0 Å². The van der Waals surface area contributed by atoms with Gasteiger partial charge in [0.1, 0.15) is 0 Å². The number of rotatable bonds is 7. The molecule has 2 aromatic carbocycles. The van der Waals surface area contributed by atoms with Crippen molar-refractivity contribution in [3.8, 4) is 11.1 Å². The standard InChI is InChI=1S/C20H18ClNO3S2/c1-13-5-7-17(8-6-13)27(25)22-18(11-20(23)24)19-10-15(12-26-19)14-3-2-4-16(21)9-14/h2-10,12,18,22H,11H2,1H3,(H,23,24)/t18?,27-/m1/s1. The fourth-order valence-corrected chi connectivity index (χ4v) is 4.81. The number of hydrogen-bond donors (Lipinski definition) is 2. The van der Waals surface area contributed by atoms with Gasteiger partial charge < -0.3 is 9.66 Å². The first-order valence-electron chi connectivity index (χ1n) is 8.23. The lowest BCUT2D eigenvalue weighted by molar-refractivity contribution is -0.137. The maximum absolute atomic E-state index is 12.6. The second-order valence-electron chi connectivity index (χ2n) is 6.10. The number of carboxylic acids is 1. The lowest BCUT2D eigenvalue weighted by atomic mass is 10.1. The summed E-state index contributed by atoms with van der Waals surface area (Å²) in [6.07, 6.45) is -0.160. The minimum Gasteiger partial charge on any atom is -0.593 e. The molecule has 2 N–H and O–H groups in total. The van der Waals surface area contributed by atoms with Crippen LogP contribution in [-0.2, 0) is 16.2 Å². The van der Waals surface area contributed by atoms with Gasteiger partial charge in [0.25, 0.3) is 0 Å². The van der Waals surface area contributed by atoms with E-state index >= 15 is 0 Å². The van der Waals surface area contributed by atoms with Crippen LogP contribution in [0.4, 0.5) is 0 Å². The van der Waals surface area contributed by atoms with E-state index in [9.17, 15) is 14.5 Å². The van der Waals surface area contributed by atoms with Crippen molar-refractivity contribution in [1.82, 2.24) is 4.72 Å². The van der Waals surface area contributed by atoms with Crippen LogP contribution >= 0.6 is 22.9 Å². The molecule has 0 saturated carbocycles. The van der Waals surface area contributed by atoms with Crippen molar-refractivity contribution in [3.05, 3.63) is 75.4 Å². The summed E-state index contributed by atoms with van der Waals surface area (Å²) >= 11 is 5.99. The highest BCUT2D eigenvalue weighted by Gasteiger charge is 2.24.